The van der Waals surface area contributed by atoms with Gasteiger partial charge in [-0.15, -0.1) is 0 Å². The monoisotopic (exact) mass is 427 g/mol. The highest BCUT2D eigenvalue weighted by atomic mass is 16.5. The summed E-state index contributed by atoms with van der Waals surface area (Å²) in [5.41, 5.74) is 3.78. The van der Waals surface area contributed by atoms with Gasteiger partial charge in [0.2, 0.25) is 0 Å². The van der Waals surface area contributed by atoms with Crippen molar-refractivity contribution in [3.63, 3.8) is 0 Å². The highest BCUT2D eigenvalue weighted by molar-refractivity contribution is 5.92. The quantitative estimate of drug-likeness (QED) is 0.442. The standard InChI is InChI=1S/C26H25N3O3/c1-18-5-2-6-19(13-18)21-8-4-12-29(16-21)26(30)25-15-23(32-28-25)17-31-22-9-10-24-20(14-22)7-3-11-27-24/h2-3,5-7,9-11,13-15,21H,4,8,12,16-17H2,1H3/t21-/m0/s1. The zero-order chi connectivity index (χ0) is 21.9. The molecule has 1 saturated heterocycles. The first-order valence-electron chi connectivity index (χ1n) is 10.9. The number of fused-ring (bicyclic) bond motifs is 1. The zero-order valence-electron chi connectivity index (χ0n) is 18.0. The minimum absolute atomic E-state index is 0.0888. The van der Waals surface area contributed by atoms with Gasteiger partial charge in [-0.25, -0.2) is 0 Å². The van der Waals surface area contributed by atoms with E-state index in [0.717, 1.165) is 30.3 Å². The summed E-state index contributed by atoms with van der Waals surface area (Å²) in [5.74, 6) is 1.50. The maximum absolute atomic E-state index is 13.0. The molecule has 1 atom stereocenters. The SMILES string of the molecule is Cc1cccc([C@H]2CCCN(C(=O)c3cc(COc4ccc5ncccc5c4)on3)C2)c1. The van der Waals surface area contributed by atoms with Crippen LogP contribution in [0, 0.1) is 6.92 Å². The molecular weight excluding hydrogens is 402 g/mol. The number of carbonyl (C=O) groups excluding carboxylic acids is 1. The third kappa shape index (κ3) is 4.35. The molecule has 0 radical (unpaired) electrons. The molecule has 1 amide bonds. The first-order chi connectivity index (χ1) is 15.7. The Morgan fingerprint density at radius 1 is 1.16 bits per heavy atom. The normalized spacial score (nSPS) is 16.3. The molecule has 6 heteroatoms. The largest absolute Gasteiger partial charge is 0.486 e. The molecule has 0 saturated carbocycles. The molecule has 0 N–H and O–H groups in total. The first kappa shape index (κ1) is 20.2. The van der Waals surface area contributed by atoms with Crippen molar-refractivity contribution in [3.05, 3.63) is 89.4 Å². The van der Waals surface area contributed by atoms with E-state index in [1.165, 1.54) is 11.1 Å². The van der Waals surface area contributed by atoms with Crippen molar-refractivity contribution in [1.82, 2.24) is 15.0 Å². The van der Waals surface area contributed by atoms with Crippen LogP contribution in [0.25, 0.3) is 10.9 Å². The van der Waals surface area contributed by atoms with Crippen LogP contribution in [0.15, 0.2) is 71.4 Å². The van der Waals surface area contributed by atoms with Gasteiger partial charge >= 0.3 is 0 Å². The van der Waals surface area contributed by atoms with Gasteiger partial charge in [0.15, 0.2) is 11.5 Å². The average molecular weight is 428 g/mol. The molecule has 0 aliphatic carbocycles. The van der Waals surface area contributed by atoms with Crippen LogP contribution < -0.4 is 4.74 Å². The maximum Gasteiger partial charge on any atom is 0.276 e. The minimum atomic E-state index is -0.0888. The summed E-state index contributed by atoms with van der Waals surface area (Å²) in [4.78, 5) is 19.2. The number of hydrogen-bond donors (Lipinski definition) is 0. The lowest BCUT2D eigenvalue weighted by Gasteiger charge is -2.32. The van der Waals surface area contributed by atoms with E-state index in [1.807, 2.05) is 35.2 Å². The molecule has 2 aromatic heterocycles. The predicted molar refractivity (Wildman–Crippen MR) is 122 cm³/mol. The summed E-state index contributed by atoms with van der Waals surface area (Å²) in [6, 6.07) is 19.8. The van der Waals surface area contributed by atoms with Gasteiger partial charge in [0.25, 0.3) is 5.91 Å². The number of piperidine rings is 1. The predicted octanol–water partition coefficient (Wildman–Crippen LogP) is 5.13. The number of rotatable bonds is 5. The molecule has 0 spiro atoms. The molecule has 162 valence electrons. The topological polar surface area (TPSA) is 68.5 Å². The number of aryl methyl sites for hydroxylation is 1. The third-order valence-electron chi connectivity index (χ3n) is 5.96. The smallest absolute Gasteiger partial charge is 0.276 e. The molecule has 5 rings (SSSR count). The fourth-order valence-electron chi connectivity index (χ4n) is 4.30. The van der Waals surface area contributed by atoms with Crippen molar-refractivity contribution in [2.24, 2.45) is 0 Å². The molecule has 1 fully saturated rings. The van der Waals surface area contributed by atoms with Gasteiger partial charge in [-0.2, -0.15) is 0 Å². The van der Waals surface area contributed by atoms with Gasteiger partial charge in [-0.1, -0.05) is 41.1 Å². The summed E-state index contributed by atoms with van der Waals surface area (Å²) in [5, 5.41) is 5.02. The number of nitrogens with zero attached hydrogens (tertiary/aromatic N) is 3. The van der Waals surface area contributed by atoms with Crippen LogP contribution in [-0.2, 0) is 6.61 Å². The zero-order valence-corrected chi connectivity index (χ0v) is 18.0. The number of pyridine rings is 1. The van der Waals surface area contributed by atoms with Crippen molar-refractivity contribution in [3.8, 4) is 5.75 Å². The lowest BCUT2D eigenvalue weighted by molar-refractivity contribution is 0.0696. The average Bonchev–Trinajstić information content (AvgIpc) is 3.31. The fraction of sp³-hybridized carbons (Fsp3) is 0.269. The van der Waals surface area contributed by atoms with E-state index in [4.69, 9.17) is 9.26 Å². The number of likely N-dealkylation sites (tertiary alicyclic amines) is 1. The Morgan fingerprint density at radius 2 is 2.09 bits per heavy atom. The highest BCUT2D eigenvalue weighted by Gasteiger charge is 2.27. The van der Waals surface area contributed by atoms with Crippen molar-refractivity contribution in [1.29, 1.82) is 0 Å². The van der Waals surface area contributed by atoms with Crippen molar-refractivity contribution in [2.45, 2.75) is 32.3 Å². The second kappa shape index (κ2) is 8.83. The highest BCUT2D eigenvalue weighted by Crippen LogP contribution is 2.28. The second-order valence-corrected chi connectivity index (χ2v) is 8.33. The third-order valence-corrected chi connectivity index (χ3v) is 5.96. The van der Waals surface area contributed by atoms with Crippen molar-refractivity contribution < 1.29 is 14.1 Å². The molecule has 1 aliphatic heterocycles. The molecular formula is C26H25N3O3. The van der Waals surface area contributed by atoms with Crippen LogP contribution in [0.2, 0.25) is 0 Å². The van der Waals surface area contributed by atoms with Crippen molar-refractivity contribution in [2.75, 3.05) is 13.1 Å². The molecule has 6 nitrogen and oxygen atoms in total. The van der Waals surface area contributed by atoms with E-state index in [2.05, 4.69) is 41.3 Å². The Bertz CT molecular complexity index is 1250. The number of hydrogen-bond acceptors (Lipinski definition) is 5. The van der Waals surface area contributed by atoms with Crippen LogP contribution in [-0.4, -0.2) is 34.0 Å². The number of ether oxygens (including phenoxy) is 1. The van der Waals surface area contributed by atoms with E-state index in [-0.39, 0.29) is 12.5 Å². The number of amides is 1. The van der Waals surface area contributed by atoms with Crippen LogP contribution in [0.1, 0.15) is 46.1 Å². The van der Waals surface area contributed by atoms with Gasteiger partial charge in [0.1, 0.15) is 12.4 Å². The van der Waals surface area contributed by atoms with Crippen LogP contribution >= 0.6 is 0 Å². The molecule has 32 heavy (non-hydrogen) atoms. The molecule has 4 aromatic rings. The van der Waals surface area contributed by atoms with Crippen LogP contribution in [0.5, 0.6) is 5.75 Å². The minimum Gasteiger partial charge on any atom is -0.486 e. The lowest BCUT2D eigenvalue weighted by atomic mass is 9.89. The second-order valence-electron chi connectivity index (χ2n) is 8.33. The summed E-state index contributed by atoms with van der Waals surface area (Å²) in [7, 11) is 0. The Hall–Kier alpha value is -3.67. The van der Waals surface area contributed by atoms with E-state index in [1.54, 1.807) is 12.3 Å². The van der Waals surface area contributed by atoms with E-state index in [9.17, 15) is 4.79 Å². The maximum atomic E-state index is 13.0. The Balaban J connectivity index is 1.23. The Morgan fingerprint density at radius 3 is 3.00 bits per heavy atom. The van der Waals surface area contributed by atoms with Crippen molar-refractivity contribution >= 4 is 16.8 Å². The molecule has 1 aliphatic rings. The van der Waals surface area contributed by atoms with Gasteiger partial charge in [-0.3, -0.25) is 9.78 Å². The summed E-state index contributed by atoms with van der Waals surface area (Å²) >= 11 is 0. The van der Waals surface area contributed by atoms with E-state index < -0.39 is 0 Å². The first-order valence-corrected chi connectivity index (χ1v) is 10.9. The van der Waals surface area contributed by atoms with Gasteiger partial charge in [-0.05, 0) is 49.6 Å². The number of benzene rings is 2. The van der Waals surface area contributed by atoms with E-state index in [0.29, 0.717) is 29.7 Å². The number of carbonyl (C=O) groups is 1. The van der Waals surface area contributed by atoms with Gasteiger partial charge in [0.05, 0.1) is 5.52 Å². The Labute approximate surface area is 186 Å². The summed E-state index contributed by atoms with van der Waals surface area (Å²) < 4.78 is 11.2. The van der Waals surface area contributed by atoms with Gasteiger partial charge in [0, 0.05) is 36.7 Å². The summed E-state index contributed by atoms with van der Waals surface area (Å²) in [6.07, 6.45) is 3.84. The fourth-order valence-corrected chi connectivity index (χ4v) is 4.30. The van der Waals surface area contributed by atoms with E-state index >= 15 is 0 Å². The summed E-state index contributed by atoms with van der Waals surface area (Å²) in [6.45, 7) is 3.75. The molecule has 0 bridgehead atoms. The van der Waals surface area contributed by atoms with Crippen LogP contribution in [0.4, 0.5) is 0 Å². The Kier molecular flexibility index (Phi) is 5.58. The molecule has 3 heterocycles. The van der Waals surface area contributed by atoms with Gasteiger partial charge < -0.3 is 14.2 Å². The van der Waals surface area contributed by atoms with Crippen LogP contribution in [0.3, 0.4) is 0 Å². The molecule has 0 unspecified atom stereocenters. The lowest BCUT2D eigenvalue weighted by Crippen LogP contribution is -2.39. The molecule has 2 aromatic carbocycles. The number of aromatic nitrogens is 2.